The predicted octanol–water partition coefficient (Wildman–Crippen LogP) is 4.06. The lowest BCUT2D eigenvalue weighted by Gasteiger charge is -2.04. The third-order valence-electron chi connectivity index (χ3n) is 2.96. The number of hydrogen-bond acceptors (Lipinski definition) is 5. The summed E-state index contributed by atoms with van der Waals surface area (Å²) in [5, 5.41) is 7.43. The first-order valence-corrected chi connectivity index (χ1v) is 7.64. The summed E-state index contributed by atoms with van der Waals surface area (Å²) in [6.45, 7) is -0.281. The van der Waals surface area contributed by atoms with Gasteiger partial charge >= 0.3 is 6.08 Å². The van der Waals surface area contributed by atoms with Crippen molar-refractivity contribution in [3.05, 3.63) is 58.6 Å². The molecule has 0 bridgehead atoms. The molecule has 0 saturated carbocycles. The fraction of sp³-hybridized carbons (Fsp3) is 0.0625. The maximum Gasteiger partial charge on any atom is 0.418 e. The van der Waals surface area contributed by atoms with Crippen molar-refractivity contribution in [3.63, 3.8) is 0 Å². The van der Waals surface area contributed by atoms with Gasteiger partial charge in [0, 0.05) is 16.3 Å². The molecular formula is C16H11Cl2N3O3. The standard InChI is InChI=1S/C16H11Cl2N3O3/c17-10-4-3-5-11(8-10)19-14(22)9-23-16-20-15(21-24-16)12-6-1-2-7-13(12)18/h1-8H,9H2,(H,19,22). The van der Waals surface area contributed by atoms with Crippen LogP contribution in [-0.4, -0.2) is 22.7 Å². The van der Waals surface area contributed by atoms with Gasteiger partial charge in [-0.15, -0.1) is 0 Å². The van der Waals surface area contributed by atoms with E-state index in [1.165, 1.54) is 0 Å². The molecule has 1 heterocycles. The van der Waals surface area contributed by atoms with Gasteiger partial charge in [-0.25, -0.2) is 0 Å². The van der Waals surface area contributed by atoms with Gasteiger partial charge in [-0.1, -0.05) is 46.6 Å². The topological polar surface area (TPSA) is 77.2 Å². The number of anilines is 1. The van der Waals surface area contributed by atoms with Gasteiger partial charge in [-0.3, -0.25) is 9.32 Å². The SMILES string of the molecule is O=C(COc1nc(-c2ccccc2Cl)no1)Nc1cccc(Cl)c1. The molecule has 6 nitrogen and oxygen atoms in total. The Morgan fingerprint density at radius 2 is 2.00 bits per heavy atom. The van der Waals surface area contributed by atoms with Crippen molar-refractivity contribution >= 4 is 34.8 Å². The van der Waals surface area contributed by atoms with Crippen LogP contribution in [0.2, 0.25) is 10.0 Å². The maximum atomic E-state index is 11.8. The summed E-state index contributed by atoms with van der Waals surface area (Å²) in [6, 6.07) is 13.8. The Morgan fingerprint density at radius 1 is 1.17 bits per heavy atom. The van der Waals surface area contributed by atoms with E-state index in [1.54, 1.807) is 48.5 Å². The van der Waals surface area contributed by atoms with Crippen molar-refractivity contribution in [3.8, 4) is 17.5 Å². The number of aromatic nitrogens is 2. The largest absolute Gasteiger partial charge is 0.439 e. The molecule has 0 aliphatic heterocycles. The number of carbonyl (C=O) groups is 1. The summed E-state index contributed by atoms with van der Waals surface area (Å²) in [6.07, 6.45) is -0.119. The highest BCUT2D eigenvalue weighted by Crippen LogP contribution is 2.26. The number of nitrogens with one attached hydrogen (secondary N) is 1. The lowest BCUT2D eigenvalue weighted by Crippen LogP contribution is -2.20. The highest BCUT2D eigenvalue weighted by Gasteiger charge is 2.13. The van der Waals surface area contributed by atoms with Crippen molar-refractivity contribution in [2.45, 2.75) is 0 Å². The monoisotopic (exact) mass is 363 g/mol. The van der Waals surface area contributed by atoms with Crippen LogP contribution in [0.3, 0.4) is 0 Å². The van der Waals surface area contributed by atoms with E-state index < -0.39 is 0 Å². The van der Waals surface area contributed by atoms with Crippen LogP contribution < -0.4 is 10.1 Å². The minimum atomic E-state index is -0.380. The van der Waals surface area contributed by atoms with Crippen molar-refractivity contribution in [2.75, 3.05) is 11.9 Å². The van der Waals surface area contributed by atoms with E-state index in [9.17, 15) is 4.79 Å². The van der Waals surface area contributed by atoms with Gasteiger partial charge in [0.2, 0.25) is 5.82 Å². The average molecular weight is 364 g/mol. The molecule has 1 amide bonds. The Kier molecular flexibility index (Phi) is 4.98. The van der Waals surface area contributed by atoms with E-state index in [4.69, 9.17) is 32.5 Å². The smallest absolute Gasteiger partial charge is 0.418 e. The quantitative estimate of drug-likeness (QED) is 0.739. The molecule has 0 radical (unpaired) electrons. The number of nitrogens with zero attached hydrogens (tertiary/aromatic N) is 2. The molecule has 8 heteroatoms. The number of benzene rings is 2. The molecule has 0 atom stereocenters. The minimum absolute atomic E-state index is 0.119. The summed E-state index contributed by atoms with van der Waals surface area (Å²) < 4.78 is 10.1. The van der Waals surface area contributed by atoms with E-state index in [0.717, 1.165) is 0 Å². The Balaban J connectivity index is 1.59. The number of amides is 1. The maximum absolute atomic E-state index is 11.8. The molecule has 0 spiro atoms. The highest BCUT2D eigenvalue weighted by molar-refractivity contribution is 6.33. The number of ether oxygens (including phenoxy) is 1. The molecule has 0 saturated heterocycles. The summed E-state index contributed by atoms with van der Waals surface area (Å²) in [7, 11) is 0. The molecule has 1 N–H and O–H groups in total. The van der Waals surface area contributed by atoms with Crippen molar-refractivity contribution < 1.29 is 14.1 Å². The highest BCUT2D eigenvalue weighted by atomic mass is 35.5. The zero-order valence-electron chi connectivity index (χ0n) is 12.2. The van der Waals surface area contributed by atoms with Crippen LogP contribution in [0, 0.1) is 0 Å². The molecule has 0 aliphatic rings. The number of carbonyl (C=O) groups excluding carboxylic acids is 1. The Morgan fingerprint density at radius 3 is 2.79 bits per heavy atom. The van der Waals surface area contributed by atoms with Gasteiger partial charge in [-0.2, -0.15) is 4.98 Å². The minimum Gasteiger partial charge on any atom is -0.439 e. The molecule has 1 aromatic heterocycles. The second kappa shape index (κ2) is 7.33. The zero-order chi connectivity index (χ0) is 16.9. The number of hydrogen-bond donors (Lipinski definition) is 1. The van der Waals surface area contributed by atoms with Crippen molar-refractivity contribution in [1.29, 1.82) is 0 Å². The van der Waals surface area contributed by atoms with Crippen LogP contribution in [0.5, 0.6) is 6.08 Å². The molecule has 0 aliphatic carbocycles. The van der Waals surface area contributed by atoms with Gasteiger partial charge in [0.15, 0.2) is 6.61 Å². The molecule has 0 unspecified atom stereocenters. The van der Waals surface area contributed by atoms with Crippen LogP contribution in [-0.2, 0) is 4.79 Å². The summed E-state index contributed by atoms with van der Waals surface area (Å²) in [4.78, 5) is 15.9. The number of halogens is 2. The molecular weight excluding hydrogens is 353 g/mol. The van der Waals surface area contributed by atoms with Gasteiger partial charge in [-0.05, 0) is 30.3 Å². The molecule has 24 heavy (non-hydrogen) atoms. The van der Waals surface area contributed by atoms with Gasteiger partial charge < -0.3 is 10.1 Å². The molecule has 2 aromatic carbocycles. The average Bonchev–Trinajstić information content (AvgIpc) is 3.02. The van der Waals surface area contributed by atoms with E-state index in [1.807, 2.05) is 0 Å². The van der Waals surface area contributed by atoms with Gasteiger partial charge in [0.25, 0.3) is 5.91 Å². The third kappa shape index (κ3) is 4.04. The molecule has 3 rings (SSSR count). The lowest BCUT2D eigenvalue weighted by molar-refractivity contribution is -0.118. The Bertz CT molecular complexity index is 867. The lowest BCUT2D eigenvalue weighted by atomic mass is 10.2. The van der Waals surface area contributed by atoms with Crippen molar-refractivity contribution in [2.24, 2.45) is 0 Å². The van der Waals surface area contributed by atoms with Crippen LogP contribution in [0.1, 0.15) is 0 Å². The first-order valence-electron chi connectivity index (χ1n) is 6.88. The molecule has 0 fully saturated rings. The third-order valence-corrected chi connectivity index (χ3v) is 3.52. The van der Waals surface area contributed by atoms with E-state index in [-0.39, 0.29) is 24.4 Å². The Hall–Kier alpha value is -2.57. The second-order valence-corrected chi connectivity index (χ2v) is 5.55. The fourth-order valence-corrected chi connectivity index (χ4v) is 2.32. The summed E-state index contributed by atoms with van der Waals surface area (Å²) in [5.74, 6) is -0.0967. The van der Waals surface area contributed by atoms with E-state index >= 15 is 0 Å². The van der Waals surface area contributed by atoms with Gasteiger partial charge in [0.1, 0.15) is 0 Å². The predicted molar refractivity (Wildman–Crippen MR) is 90.3 cm³/mol. The number of rotatable bonds is 5. The van der Waals surface area contributed by atoms with E-state index in [2.05, 4.69) is 15.5 Å². The van der Waals surface area contributed by atoms with Crippen LogP contribution in [0.15, 0.2) is 53.1 Å². The zero-order valence-corrected chi connectivity index (χ0v) is 13.7. The van der Waals surface area contributed by atoms with Crippen LogP contribution in [0.4, 0.5) is 5.69 Å². The second-order valence-electron chi connectivity index (χ2n) is 4.71. The first kappa shape index (κ1) is 16.3. The van der Waals surface area contributed by atoms with Crippen LogP contribution in [0.25, 0.3) is 11.4 Å². The summed E-state index contributed by atoms with van der Waals surface area (Å²) in [5.41, 5.74) is 1.18. The normalized spacial score (nSPS) is 10.4. The summed E-state index contributed by atoms with van der Waals surface area (Å²) >= 11 is 11.9. The fourth-order valence-electron chi connectivity index (χ4n) is 1.91. The Labute approximate surface area is 147 Å². The van der Waals surface area contributed by atoms with E-state index in [0.29, 0.717) is 21.3 Å². The van der Waals surface area contributed by atoms with Crippen molar-refractivity contribution in [1.82, 2.24) is 10.1 Å². The molecule has 122 valence electrons. The first-order chi connectivity index (χ1) is 11.6. The molecule has 3 aromatic rings. The van der Waals surface area contributed by atoms with Gasteiger partial charge in [0.05, 0.1) is 5.02 Å². The van der Waals surface area contributed by atoms with Crippen LogP contribution >= 0.6 is 23.2 Å².